The molecule has 0 saturated heterocycles. The lowest BCUT2D eigenvalue weighted by atomic mass is 10.1. The Kier molecular flexibility index (Phi) is 7.22. The number of hydrogen-bond donors (Lipinski definition) is 1. The fraction of sp³-hybridized carbons (Fsp3) is 0.143. The fourth-order valence-corrected chi connectivity index (χ4v) is 3.41. The number of rotatable bonds is 6. The maximum atomic E-state index is 13.3. The van der Waals surface area contributed by atoms with Crippen LogP contribution in [0.5, 0.6) is 5.75 Å². The van der Waals surface area contributed by atoms with E-state index in [-0.39, 0.29) is 27.9 Å². The van der Waals surface area contributed by atoms with E-state index in [9.17, 15) is 18.0 Å². The van der Waals surface area contributed by atoms with Gasteiger partial charge in [0.15, 0.2) is 5.16 Å². The van der Waals surface area contributed by atoms with Gasteiger partial charge in [-0.25, -0.2) is 9.97 Å². The van der Waals surface area contributed by atoms with Crippen LogP contribution < -0.4 is 10.1 Å². The van der Waals surface area contributed by atoms with Crippen molar-refractivity contribution in [3.8, 4) is 23.1 Å². The van der Waals surface area contributed by atoms with Gasteiger partial charge in [0.1, 0.15) is 17.5 Å². The Balaban J connectivity index is 1.82. The number of thioether (sulfide) groups is 1. The van der Waals surface area contributed by atoms with Crippen LogP contribution >= 0.6 is 23.4 Å². The largest absolute Gasteiger partial charge is 0.497 e. The van der Waals surface area contributed by atoms with Crippen molar-refractivity contribution in [1.82, 2.24) is 9.97 Å². The van der Waals surface area contributed by atoms with Crippen molar-refractivity contribution in [2.24, 2.45) is 0 Å². The highest BCUT2D eigenvalue weighted by Crippen LogP contribution is 2.32. The number of halogens is 4. The van der Waals surface area contributed by atoms with E-state index in [1.54, 1.807) is 24.3 Å². The number of hydrogen-bond acceptors (Lipinski definition) is 6. The molecule has 0 spiro atoms. The standard InChI is InChI=1S/C21H14ClF3N4O2S/c1-31-15-6-3-12(4-7-15)17-9-18(21(23,24)25)29-20(28-17)32-11-19(30)27-16-8-14(22)5-2-13(16)10-26/h2-9H,11H2,1H3,(H,27,30). The molecule has 11 heteroatoms. The summed E-state index contributed by atoms with van der Waals surface area (Å²) in [4.78, 5) is 20.0. The quantitative estimate of drug-likeness (QED) is 0.375. The Morgan fingerprint density at radius 3 is 2.53 bits per heavy atom. The molecular weight excluding hydrogens is 465 g/mol. The smallest absolute Gasteiger partial charge is 0.433 e. The molecule has 0 aliphatic heterocycles. The van der Waals surface area contributed by atoms with Gasteiger partial charge in [0.05, 0.1) is 29.8 Å². The number of methoxy groups -OCH3 is 1. The zero-order valence-electron chi connectivity index (χ0n) is 16.4. The number of carbonyl (C=O) groups excluding carboxylic acids is 1. The highest BCUT2D eigenvalue weighted by Gasteiger charge is 2.34. The van der Waals surface area contributed by atoms with E-state index in [4.69, 9.17) is 21.6 Å². The van der Waals surface area contributed by atoms with E-state index in [1.165, 1.54) is 25.3 Å². The molecule has 0 aliphatic rings. The average Bonchev–Trinajstić information content (AvgIpc) is 2.77. The highest BCUT2D eigenvalue weighted by atomic mass is 35.5. The zero-order valence-corrected chi connectivity index (χ0v) is 18.0. The van der Waals surface area contributed by atoms with Gasteiger partial charge in [0, 0.05) is 10.6 Å². The molecule has 1 heterocycles. The normalized spacial score (nSPS) is 11.0. The number of alkyl halides is 3. The van der Waals surface area contributed by atoms with Crippen LogP contribution in [0.3, 0.4) is 0 Å². The summed E-state index contributed by atoms with van der Waals surface area (Å²) < 4.78 is 45.1. The van der Waals surface area contributed by atoms with Gasteiger partial charge in [-0.2, -0.15) is 18.4 Å². The summed E-state index contributed by atoms with van der Waals surface area (Å²) in [7, 11) is 1.48. The molecule has 0 radical (unpaired) electrons. The second-order valence-corrected chi connectivity index (χ2v) is 7.66. The molecule has 0 atom stereocenters. The maximum absolute atomic E-state index is 13.3. The second kappa shape index (κ2) is 9.89. The summed E-state index contributed by atoms with van der Waals surface area (Å²) in [6, 6.07) is 13.5. The van der Waals surface area contributed by atoms with Crippen LogP contribution in [-0.4, -0.2) is 28.7 Å². The molecule has 1 amide bonds. The number of aromatic nitrogens is 2. The van der Waals surface area contributed by atoms with Gasteiger partial charge in [-0.1, -0.05) is 23.4 Å². The topological polar surface area (TPSA) is 87.9 Å². The average molecular weight is 479 g/mol. The summed E-state index contributed by atoms with van der Waals surface area (Å²) in [6.45, 7) is 0. The van der Waals surface area contributed by atoms with Crippen LogP contribution in [0.2, 0.25) is 5.02 Å². The third-order valence-electron chi connectivity index (χ3n) is 4.09. The van der Waals surface area contributed by atoms with E-state index in [1.807, 2.05) is 6.07 Å². The van der Waals surface area contributed by atoms with Gasteiger partial charge >= 0.3 is 6.18 Å². The maximum Gasteiger partial charge on any atom is 0.433 e. The molecule has 2 aromatic carbocycles. The molecule has 0 saturated carbocycles. The third-order valence-corrected chi connectivity index (χ3v) is 5.17. The minimum atomic E-state index is -4.69. The summed E-state index contributed by atoms with van der Waals surface area (Å²) >= 11 is 6.62. The molecule has 0 unspecified atom stereocenters. The Hall–Kier alpha value is -3.29. The van der Waals surface area contributed by atoms with E-state index in [0.717, 1.165) is 17.8 Å². The molecule has 32 heavy (non-hydrogen) atoms. The SMILES string of the molecule is COc1ccc(-c2cc(C(F)(F)F)nc(SCC(=O)Nc3cc(Cl)ccc3C#N)n2)cc1. The molecule has 164 valence electrons. The number of anilines is 1. The lowest BCUT2D eigenvalue weighted by Crippen LogP contribution is -2.16. The molecule has 3 aromatic rings. The second-order valence-electron chi connectivity index (χ2n) is 6.29. The lowest BCUT2D eigenvalue weighted by molar-refractivity contribution is -0.141. The van der Waals surface area contributed by atoms with Crippen LogP contribution in [0.15, 0.2) is 53.7 Å². The van der Waals surface area contributed by atoms with Crippen LogP contribution in [0.25, 0.3) is 11.3 Å². The molecule has 0 bridgehead atoms. The van der Waals surface area contributed by atoms with Gasteiger partial charge in [-0.05, 0) is 48.5 Å². The lowest BCUT2D eigenvalue weighted by Gasteiger charge is -2.11. The predicted molar refractivity (Wildman–Crippen MR) is 115 cm³/mol. The van der Waals surface area contributed by atoms with Gasteiger partial charge in [-0.3, -0.25) is 4.79 Å². The minimum Gasteiger partial charge on any atom is -0.497 e. The van der Waals surface area contributed by atoms with E-state index >= 15 is 0 Å². The van der Waals surface area contributed by atoms with Crippen molar-refractivity contribution in [2.75, 3.05) is 18.2 Å². The number of nitrogens with zero attached hydrogens (tertiary/aromatic N) is 3. The van der Waals surface area contributed by atoms with E-state index < -0.39 is 17.8 Å². The molecule has 0 aliphatic carbocycles. The Bertz CT molecular complexity index is 1180. The van der Waals surface area contributed by atoms with E-state index in [2.05, 4.69) is 15.3 Å². The van der Waals surface area contributed by atoms with Gasteiger partial charge in [-0.15, -0.1) is 0 Å². The number of nitriles is 1. The van der Waals surface area contributed by atoms with Crippen LogP contribution in [-0.2, 0) is 11.0 Å². The van der Waals surface area contributed by atoms with Crippen LogP contribution in [0.1, 0.15) is 11.3 Å². The van der Waals surface area contributed by atoms with E-state index in [0.29, 0.717) is 16.3 Å². The first-order valence-electron chi connectivity index (χ1n) is 8.92. The van der Waals surface area contributed by atoms with Gasteiger partial charge in [0.25, 0.3) is 0 Å². The monoisotopic (exact) mass is 478 g/mol. The van der Waals surface area contributed by atoms with Gasteiger partial charge in [0.2, 0.25) is 5.91 Å². The molecule has 0 fully saturated rings. The third kappa shape index (κ3) is 5.90. The predicted octanol–water partition coefficient (Wildman–Crippen LogP) is 5.43. The molecule has 1 aromatic heterocycles. The Labute approximate surface area is 190 Å². The van der Waals surface area contributed by atoms with Crippen LogP contribution in [0.4, 0.5) is 18.9 Å². The van der Waals surface area contributed by atoms with Crippen molar-refractivity contribution in [1.29, 1.82) is 5.26 Å². The van der Waals surface area contributed by atoms with Crippen molar-refractivity contribution in [3.05, 3.63) is 64.8 Å². The highest BCUT2D eigenvalue weighted by molar-refractivity contribution is 7.99. The van der Waals surface area contributed by atoms with Gasteiger partial charge < -0.3 is 10.1 Å². The fourth-order valence-electron chi connectivity index (χ4n) is 2.58. The number of benzene rings is 2. The summed E-state index contributed by atoms with van der Waals surface area (Å²) in [5.74, 6) is -0.288. The zero-order chi connectivity index (χ0) is 23.3. The first-order chi connectivity index (χ1) is 15.2. The number of ether oxygens (including phenoxy) is 1. The Morgan fingerprint density at radius 1 is 1.19 bits per heavy atom. The molecule has 1 N–H and O–H groups in total. The first kappa shape index (κ1) is 23.4. The molecular formula is C21H14ClF3N4O2S. The summed E-state index contributed by atoms with van der Waals surface area (Å²) in [5, 5.41) is 11.7. The first-order valence-corrected chi connectivity index (χ1v) is 10.3. The van der Waals surface area contributed by atoms with Crippen LogP contribution in [0, 0.1) is 11.3 Å². The van der Waals surface area contributed by atoms with Crippen molar-refractivity contribution in [3.63, 3.8) is 0 Å². The Morgan fingerprint density at radius 2 is 1.91 bits per heavy atom. The summed E-state index contributed by atoms with van der Waals surface area (Å²) in [5.41, 5.74) is -0.232. The van der Waals surface area contributed by atoms with Crippen molar-refractivity contribution < 1.29 is 22.7 Å². The number of nitrogens with one attached hydrogen (secondary N) is 1. The number of carbonyl (C=O) groups is 1. The van der Waals surface area contributed by atoms with Crippen molar-refractivity contribution in [2.45, 2.75) is 11.3 Å². The number of amides is 1. The molecule has 3 rings (SSSR count). The molecule has 6 nitrogen and oxygen atoms in total. The van der Waals surface area contributed by atoms with Crippen molar-refractivity contribution >= 4 is 35.0 Å². The minimum absolute atomic E-state index is 0.0551. The summed E-state index contributed by atoms with van der Waals surface area (Å²) in [6.07, 6.45) is -4.69.